The van der Waals surface area contributed by atoms with Crippen molar-refractivity contribution in [3.63, 3.8) is 0 Å². The number of aryl methyl sites for hydroxylation is 1. The Hall–Kier alpha value is -3.56. The molecule has 0 aliphatic carbocycles. The van der Waals surface area contributed by atoms with Crippen LogP contribution < -0.4 is 14.4 Å². The van der Waals surface area contributed by atoms with Gasteiger partial charge < -0.3 is 15.0 Å². The lowest BCUT2D eigenvalue weighted by Gasteiger charge is -2.34. The predicted molar refractivity (Wildman–Crippen MR) is 164 cm³/mol. The lowest BCUT2D eigenvalue weighted by Crippen LogP contribution is -2.54. The molecule has 2 unspecified atom stereocenters. The summed E-state index contributed by atoms with van der Waals surface area (Å²) in [6.07, 6.45) is 2.00. The second-order valence-electron chi connectivity index (χ2n) is 10.1. The molecule has 3 aromatic carbocycles. The highest BCUT2D eigenvalue weighted by Crippen LogP contribution is 2.27. The average Bonchev–Trinajstić information content (AvgIpc) is 2.94. The first-order chi connectivity index (χ1) is 19.4. The molecule has 2 amide bonds. The van der Waals surface area contributed by atoms with E-state index in [0.29, 0.717) is 28.4 Å². The predicted octanol–water partition coefficient (Wildman–Crippen LogP) is 4.98. The normalized spacial score (nSPS) is 12.7. The van der Waals surface area contributed by atoms with E-state index in [1.54, 1.807) is 44.4 Å². The molecule has 0 fully saturated rings. The highest BCUT2D eigenvalue weighted by molar-refractivity contribution is 7.92. The Bertz CT molecular complexity index is 1450. The fourth-order valence-electron chi connectivity index (χ4n) is 4.41. The Morgan fingerprint density at radius 2 is 1.68 bits per heavy atom. The molecule has 220 valence electrons. The van der Waals surface area contributed by atoms with E-state index >= 15 is 0 Å². The van der Waals surface area contributed by atoms with Gasteiger partial charge in [-0.2, -0.15) is 0 Å². The van der Waals surface area contributed by atoms with Crippen molar-refractivity contribution in [3.05, 3.63) is 94.5 Å². The van der Waals surface area contributed by atoms with E-state index < -0.39 is 28.5 Å². The van der Waals surface area contributed by atoms with Gasteiger partial charge in [-0.1, -0.05) is 67.1 Å². The van der Waals surface area contributed by atoms with E-state index in [4.69, 9.17) is 16.3 Å². The maximum Gasteiger partial charge on any atom is 0.244 e. The van der Waals surface area contributed by atoms with Crippen LogP contribution >= 0.6 is 11.6 Å². The van der Waals surface area contributed by atoms with Gasteiger partial charge in [0, 0.05) is 24.0 Å². The second-order valence-corrected chi connectivity index (χ2v) is 12.4. The van der Waals surface area contributed by atoms with Crippen molar-refractivity contribution in [2.45, 2.75) is 52.2 Å². The third-order valence-corrected chi connectivity index (χ3v) is 8.24. The molecular formula is C31H38ClN3O5S. The van der Waals surface area contributed by atoms with E-state index in [1.165, 1.54) is 11.0 Å². The molecule has 0 saturated carbocycles. The molecule has 0 bridgehead atoms. The minimum absolute atomic E-state index is 0.0631. The number of nitrogens with zero attached hydrogens (tertiary/aromatic N) is 2. The zero-order valence-electron chi connectivity index (χ0n) is 24.1. The number of nitrogens with one attached hydrogen (secondary N) is 1. The van der Waals surface area contributed by atoms with Crippen molar-refractivity contribution in [1.82, 2.24) is 10.2 Å². The van der Waals surface area contributed by atoms with Gasteiger partial charge in [-0.15, -0.1) is 0 Å². The smallest absolute Gasteiger partial charge is 0.244 e. The van der Waals surface area contributed by atoms with Crippen LogP contribution in [0.3, 0.4) is 0 Å². The fourth-order valence-corrected chi connectivity index (χ4v) is 5.47. The van der Waals surface area contributed by atoms with Gasteiger partial charge in [0.25, 0.3) is 0 Å². The van der Waals surface area contributed by atoms with Crippen LogP contribution in [0.15, 0.2) is 72.8 Å². The number of benzene rings is 3. The molecule has 0 aliphatic rings. The number of carbonyl (C=O) groups is 2. The highest BCUT2D eigenvalue weighted by Gasteiger charge is 2.33. The Labute approximate surface area is 248 Å². The summed E-state index contributed by atoms with van der Waals surface area (Å²) in [7, 11) is -2.34. The van der Waals surface area contributed by atoms with E-state index in [9.17, 15) is 18.0 Å². The zero-order chi connectivity index (χ0) is 30.2. The summed E-state index contributed by atoms with van der Waals surface area (Å²) in [6.45, 7) is 5.17. The first-order valence-electron chi connectivity index (χ1n) is 13.4. The van der Waals surface area contributed by atoms with E-state index in [-0.39, 0.29) is 24.9 Å². The molecule has 8 nitrogen and oxygen atoms in total. The summed E-state index contributed by atoms with van der Waals surface area (Å²) in [4.78, 5) is 29.4. The Balaban J connectivity index is 2.10. The lowest BCUT2D eigenvalue weighted by atomic mass is 10.0. The first-order valence-corrected chi connectivity index (χ1v) is 15.7. The van der Waals surface area contributed by atoms with Crippen LogP contribution in [0.5, 0.6) is 5.75 Å². The third kappa shape index (κ3) is 8.96. The van der Waals surface area contributed by atoms with Crippen LogP contribution in [0, 0.1) is 6.92 Å². The SMILES string of the molecule is CCC(C)NC(=O)C(Cc1ccccc1)N(Cc1cccc(OC)c1)C(=O)CN(c1cc(Cl)ccc1C)S(C)(=O)=O. The average molecular weight is 600 g/mol. The summed E-state index contributed by atoms with van der Waals surface area (Å²) in [5.41, 5.74) is 2.54. The Morgan fingerprint density at radius 3 is 2.32 bits per heavy atom. The molecule has 10 heteroatoms. The van der Waals surface area contributed by atoms with Crippen molar-refractivity contribution in [3.8, 4) is 5.75 Å². The molecular weight excluding hydrogens is 562 g/mol. The maximum atomic E-state index is 14.2. The summed E-state index contributed by atoms with van der Waals surface area (Å²) < 4.78 is 32.4. The number of sulfonamides is 1. The van der Waals surface area contributed by atoms with Crippen LogP contribution in [0.1, 0.15) is 37.0 Å². The van der Waals surface area contributed by atoms with Gasteiger partial charge >= 0.3 is 0 Å². The van der Waals surface area contributed by atoms with Gasteiger partial charge in [-0.3, -0.25) is 13.9 Å². The van der Waals surface area contributed by atoms with Gasteiger partial charge in [0.15, 0.2) is 0 Å². The van der Waals surface area contributed by atoms with E-state index in [0.717, 1.165) is 21.7 Å². The van der Waals surface area contributed by atoms with Crippen molar-refractivity contribution in [2.75, 3.05) is 24.2 Å². The van der Waals surface area contributed by atoms with Crippen molar-refractivity contribution < 1.29 is 22.7 Å². The molecule has 0 aromatic heterocycles. The molecule has 0 spiro atoms. The minimum atomic E-state index is -3.89. The summed E-state index contributed by atoms with van der Waals surface area (Å²) in [5.74, 6) is -0.243. The number of ether oxygens (including phenoxy) is 1. The minimum Gasteiger partial charge on any atom is -0.497 e. The van der Waals surface area contributed by atoms with Crippen LogP contribution in [-0.2, 0) is 32.6 Å². The zero-order valence-corrected chi connectivity index (χ0v) is 25.7. The quantitative estimate of drug-likeness (QED) is 0.299. The topological polar surface area (TPSA) is 96.0 Å². The summed E-state index contributed by atoms with van der Waals surface area (Å²) in [5, 5.41) is 3.36. The largest absolute Gasteiger partial charge is 0.497 e. The van der Waals surface area contributed by atoms with Crippen LogP contribution in [0.25, 0.3) is 0 Å². The summed E-state index contributed by atoms with van der Waals surface area (Å²) in [6, 6.07) is 20.5. The molecule has 41 heavy (non-hydrogen) atoms. The van der Waals surface area contributed by atoms with E-state index in [1.807, 2.05) is 50.2 Å². The van der Waals surface area contributed by atoms with Gasteiger partial charge in [0.05, 0.1) is 19.1 Å². The summed E-state index contributed by atoms with van der Waals surface area (Å²) >= 11 is 6.21. The molecule has 3 rings (SSSR count). The molecule has 0 radical (unpaired) electrons. The first kappa shape index (κ1) is 32.0. The number of carbonyl (C=O) groups excluding carboxylic acids is 2. The van der Waals surface area contributed by atoms with Crippen LogP contribution in [-0.4, -0.2) is 57.1 Å². The maximum absolute atomic E-state index is 14.2. The molecule has 0 heterocycles. The Morgan fingerprint density at radius 1 is 1.00 bits per heavy atom. The van der Waals surface area contributed by atoms with Crippen molar-refractivity contribution in [2.24, 2.45) is 0 Å². The highest BCUT2D eigenvalue weighted by atomic mass is 35.5. The molecule has 0 aliphatic heterocycles. The standard InChI is InChI=1S/C31H38ClN3O5S/c1-6-23(3)33-31(37)29(18-24-11-8-7-9-12-24)34(20-25-13-10-14-27(17-25)40-4)30(36)21-35(41(5,38)39)28-19-26(32)16-15-22(28)2/h7-17,19,23,29H,6,18,20-21H2,1-5H3,(H,33,37). The number of rotatable bonds is 13. The number of hydrogen-bond donors (Lipinski definition) is 1. The monoisotopic (exact) mass is 599 g/mol. The van der Waals surface area contributed by atoms with Gasteiger partial charge in [-0.25, -0.2) is 8.42 Å². The number of anilines is 1. The third-order valence-electron chi connectivity index (χ3n) is 6.88. The van der Waals surface area contributed by atoms with E-state index in [2.05, 4.69) is 5.32 Å². The van der Waals surface area contributed by atoms with Crippen molar-refractivity contribution >= 4 is 39.1 Å². The number of halogens is 1. The number of methoxy groups -OCH3 is 1. The fraction of sp³-hybridized carbons (Fsp3) is 0.355. The van der Waals surface area contributed by atoms with Gasteiger partial charge in [-0.05, 0) is 61.2 Å². The Kier molecular flexibility index (Phi) is 11.2. The van der Waals surface area contributed by atoms with Crippen LogP contribution in [0.2, 0.25) is 5.02 Å². The molecule has 3 aromatic rings. The molecule has 1 N–H and O–H groups in total. The number of hydrogen-bond acceptors (Lipinski definition) is 5. The number of amides is 2. The molecule has 0 saturated heterocycles. The van der Waals surface area contributed by atoms with Gasteiger partial charge in [0.2, 0.25) is 21.8 Å². The van der Waals surface area contributed by atoms with Crippen LogP contribution in [0.4, 0.5) is 5.69 Å². The lowest BCUT2D eigenvalue weighted by molar-refractivity contribution is -0.140. The second kappa shape index (κ2) is 14.4. The van der Waals surface area contributed by atoms with Gasteiger partial charge in [0.1, 0.15) is 18.3 Å². The van der Waals surface area contributed by atoms with Crippen molar-refractivity contribution in [1.29, 1.82) is 0 Å². The molecule has 2 atom stereocenters.